The first-order chi connectivity index (χ1) is 9.66. The van der Waals surface area contributed by atoms with Gasteiger partial charge in [0.2, 0.25) is 0 Å². The van der Waals surface area contributed by atoms with Crippen LogP contribution < -0.4 is 5.73 Å². The molecule has 2 N–H and O–H groups in total. The van der Waals surface area contributed by atoms with Gasteiger partial charge in [-0.25, -0.2) is 0 Å². The molecular weight excluding hydrogens is 250 g/mol. The van der Waals surface area contributed by atoms with Crippen LogP contribution in [0.1, 0.15) is 11.1 Å². The topological polar surface area (TPSA) is 69.6 Å². The molecule has 3 aromatic rings. The van der Waals surface area contributed by atoms with Crippen molar-refractivity contribution in [1.29, 1.82) is 0 Å². The highest BCUT2D eigenvalue weighted by molar-refractivity contribution is 5.62. The lowest BCUT2D eigenvalue weighted by Gasteiger charge is -2.10. The van der Waals surface area contributed by atoms with E-state index in [1.807, 2.05) is 56.3 Å². The van der Waals surface area contributed by atoms with Crippen molar-refractivity contribution >= 4 is 5.69 Å². The fourth-order valence-electron chi connectivity index (χ4n) is 2.20. The Balaban J connectivity index is 2.18. The summed E-state index contributed by atoms with van der Waals surface area (Å²) in [6.07, 6.45) is 0. The van der Waals surface area contributed by atoms with Gasteiger partial charge in [0.15, 0.2) is 5.82 Å². The van der Waals surface area contributed by atoms with Crippen molar-refractivity contribution in [2.45, 2.75) is 13.8 Å². The highest BCUT2D eigenvalue weighted by atomic mass is 15.5. The molecule has 1 heterocycles. The Hall–Kier alpha value is -2.69. The van der Waals surface area contributed by atoms with Gasteiger partial charge in [-0.05, 0) is 41.5 Å². The summed E-state index contributed by atoms with van der Waals surface area (Å²) in [4.78, 5) is 0. The van der Waals surface area contributed by atoms with E-state index in [1.165, 1.54) is 0 Å². The van der Waals surface area contributed by atoms with E-state index >= 15 is 0 Å². The minimum absolute atomic E-state index is 0.706. The number of nitrogens with two attached hydrogens (primary N) is 1. The van der Waals surface area contributed by atoms with Crippen LogP contribution in [0.25, 0.3) is 17.1 Å². The predicted octanol–water partition coefficient (Wildman–Crippen LogP) is 2.53. The van der Waals surface area contributed by atoms with Gasteiger partial charge < -0.3 is 5.73 Å². The number of rotatable bonds is 2. The molecule has 5 heteroatoms. The van der Waals surface area contributed by atoms with Gasteiger partial charge in [-0.1, -0.05) is 36.4 Å². The number of tetrazole rings is 1. The quantitative estimate of drug-likeness (QED) is 0.723. The predicted molar refractivity (Wildman–Crippen MR) is 78.5 cm³/mol. The molecule has 0 bridgehead atoms. The number of nitrogen functional groups attached to an aromatic ring is 1. The maximum atomic E-state index is 6.00. The third-order valence-electron chi connectivity index (χ3n) is 3.31. The van der Waals surface area contributed by atoms with Gasteiger partial charge in [0, 0.05) is 11.3 Å². The van der Waals surface area contributed by atoms with Crippen molar-refractivity contribution in [1.82, 2.24) is 20.2 Å². The molecule has 0 aliphatic heterocycles. The van der Waals surface area contributed by atoms with Gasteiger partial charge in [-0.3, -0.25) is 0 Å². The average Bonchev–Trinajstić information content (AvgIpc) is 2.93. The van der Waals surface area contributed by atoms with E-state index < -0.39 is 0 Å². The van der Waals surface area contributed by atoms with Gasteiger partial charge in [0.25, 0.3) is 0 Å². The monoisotopic (exact) mass is 265 g/mol. The van der Waals surface area contributed by atoms with E-state index in [9.17, 15) is 0 Å². The second-order valence-electron chi connectivity index (χ2n) is 4.78. The second-order valence-corrected chi connectivity index (χ2v) is 4.78. The Labute approximate surface area is 117 Å². The summed E-state index contributed by atoms with van der Waals surface area (Å²) in [6.45, 7) is 4.02. The molecule has 0 amide bonds. The van der Waals surface area contributed by atoms with Crippen molar-refractivity contribution in [2.24, 2.45) is 0 Å². The zero-order valence-electron chi connectivity index (χ0n) is 11.4. The largest absolute Gasteiger partial charge is 0.398 e. The summed E-state index contributed by atoms with van der Waals surface area (Å²) >= 11 is 0. The van der Waals surface area contributed by atoms with Gasteiger partial charge in [0.1, 0.15) is 0 Å². The maximum absolute atomic E-state index is 6.00. The number of aromatic nitrogens is 4. The molecule has 1 aromatic heterocycles. The molecule has 2 aromatic carbocycles. The standard InChI is InChI=1S/C15H15N5/c1-10-8-11(2)14(9-13(10)16)20-15(17-18-19-20)12-6-4-3-5-7-12/h3-9H,16H2,1-2H3. The van der Waals surface area contributed by atoms with E-state index in [0.717, 1.165) is 28.1 Å². The molecule has 0 unspecified atom stereocenters. The van der Waals surface area contributed by atoms with E-state index in [2.05, 4.69) is 15.5 Å². The molecule has 0 fully saturated rings. The summed E-state index contributed by atoms with van der Waals surface area (Å²) in [7, 11) is 0. The van der Waals surface area contributed by atoms with Gasteiger partial charge >= 0.3 is 0 Å². The molecule has 0 saturated carbocycles. The molecule has 100 valence electrons. The Kier molecular flexibility index (Phi) is 2.95. The van der Waals surface area contributed by atoms with Crippen LogP contribution in [0.5, 0.6) is 0 Å². The number of nitrogens with zero attached hydrogens (tertiary/aromatic N) is 4. The van der Waals surface area contributed by atoms with Gasteiger partial charge in [0.05, 0.1) is 5.69 Å². The van der Waals surface area contributed by atoms with Crippen molar-refractivity contribution in [3.8, 4) is 17.1 Å². The highest BCUT2D eigenvalue weighted by Gasteiger charge is 2.13. The molecule has 5 nitrogen and oxygen atoms in total. The van der Waals surface area contributed by atoms with Crippen LogP contribution in [0.4, 0.5) is 5.69 Å². The van der Waals surface area contributed by atoms with Crippen LogP contribution in [0, 0.1) is 13.8 Å². The summed E-state index contributed by atoms with van der Waals surface area (Å²) < 4.78 is 1.72. The number of hydrogen-bond donors (Lipinski definition) is 1. The minimum atomic E-state index is 0.706. The molecule has 0 saturated heterocycles. The lowest BCUT2D eigenvalue weighted by atomic mass is 10.1. The molecule has 0 spiro atoms. The first-order valence-corrected chi connectivity index (χ1v) is 6.37. The lowest BCUT2D eigenvalue weighted by Crippen LogP contribution is -2.04. The summed E-state index contributed by atoms with van der Waals surface area (Å²) in [6, 6.07) is 13.8. The number of benzene rings is 2. The fourth-order valence-corrected chi connectivity index (χ4v) is 2.20. The van der Waals surface area contributed by atoms with E-state index in [-0.39, 0.29) is 0 Å². The van der Waals surface area contributed by atoms with Crippen LogP contribution in [0.2, 0.25) is 0 Å². The van der Waals surface area contributed by atoms with Gasteiger partial charge in [-0.15, -0.1) is 5.10 Å². The Morgan fingerprint density at radius 1 is 1.00 bits per heavy atom. The molecular formula is C15H15N5. The van der Waals surface area contributed by atoms with Crippen LogP contribution in [-0.4, -0.2) is 20.2 Å². The molecule has 0 atom stereocenters. The summed E-state index contributed by atoms with van der Waals surface area (Å²) in [5.74, 6) is 0.706. The molecule has 20 heavy (non-hydrogen) atoms. The number of aryl methyl sites for hydroxylation is 2. The maximum Gasteiger partial charge on any atom is 0.187 e. The first-order valence-electron chi connectivity index (χ1n) is 6.37. The Bertz CT molecular complexity index is 746. The third-order valence-corrected chi connectivity index (χ3v) is 3.31. The minimum Gasteiger partial charge on any atom is -0.398 e. The Morgan fingerprint density at radius 3 is 2.50 bits per heavy atom. The zero-order chi connectivity index (χ0) is 14.1. The van der Waals surface area contributed by atoms with E-state index in [0.29, 0.717) is 5.82 Å². The number of anilines is 1. The van der Waals surface area contributed by atoms with Crippen LogP contribution >= 0.6 is 0 Å². The molecule has 0 radical (unpaired) electrons. The summed E-state index contributed by atoms with van der Waals surface area (Å²) in [5.41, 5.74) is 10.7. The molecule has 0 aliphatic rings. The van der Waals surface area contributed by atoms with Crippen molar-refractivity contribution in [3.05, 3.63) is 53.6 Å². The molecule has 0 aliphatic carbocycles. The smallest absolute Gasteiger partial charge is 0.187 e. The second kappa shape index (κ2) is 4.77. The fraction of sp³-hybridized carbons (Fsp3) is 0.133. The van der Waals surface area contributed by atoms with E-state index in [1.54, 1.807) is 4.68 Å². The van der Waals surface area contributed by atoms with Crippen LogP contribution in [0.15, 0.2) is 42.5 Å². The van der Waals surface area contributed by atoms with Crippen molar-refractivity contribution < 1.29 is 0 Å². The van der Waals surface area contributed by atoms with Gasteiger partial charge in [-0.2, -0.15) is 4.68 Å². The average molecular weight is 265 g/mol. The van der Waals surface area contributed by atoms with Crippen LogP contribution in [-0.2, 0) is 0 Å². The SMILES string of the molecule is Cc1cc(C)c(-n2nnnc2-c2ccccc2)cc1N. The summed E-state index contributed by atoms with van der Waals surface area (Å²) in [5, 5.41) is 12.0. The number of hydrogen-bond acceptors (Lipinski definition) is 4. The normalized spacial score (nSPS) is 10.7. The highest BCUT2D eigenvalue weighted by Crippen LogP contribution is 2.24. The first kappa shape index (κ1) is 12.3. The van der Waals surface area contributed by atoms with E-state index in [4.69, 9.17) is 5.73 Å². The Morgan fingerprint density at radius 2 is 1.75 bits per heavy atom. The third kappa shape index (κ3) is 2.03. The van der Waals surface area contributed by atoms with Crippen molar-refractivity contribution in [2.75, 3.05) is 5.73 Å². The molecule has 3 rings (SSSR count). The van der Waals surface area contributed by atoms with Crippen molar-refractivity contribution in [3.63, 3.8) is 0 Å². The zero-order valence-corrected chi connectivity index (χ0v) is 11.4. The van der Waals surface area contributed by atoms with Crippen LogP contribution in [0.3, 0.4) is 0 Å². The lowest BCUT2D eigenvalue weighted by molar-refractivity contribution is 0.787.